The molecule has 2 aromatic carbocycles. The first kappa shape index (κ1) is 19.4. The van der Waals surface area contributed by atoms with E-state index in [9.17, 15) is 10.2 Å². The molecule has 0 unspecified atom stereocenters. The molecule has 0 heterocycles. The van der Waals surface area contributed by atoms with E-state index in [1.54, 1.807) is 0 Å². The first-order valence-electron chi connectivity index (χ1n) is 8.88. The van der Waals surface area contributed by atoms with E-state index in [2.05, 4.69) is 10.0 Å². The van der Waals surface area contributed by atoms with Crippen LogP contribution in [0.15, 0.2) is 65.8 Å². The Morgan fingerprint density at radius 3 is 2.07 bits per heavy atom. The Kier molecular flexibility index (Phi) is 6.81. The van der Waals surface area contributed by atoms with Crippen LogP contribution in [0.3, 0.4) is 0 Å². The van der Waals surface area contributed by atoms with Crippen molar-refractivity contribution in [2.45, 2.75) is 37.6 Å². The summed E-state index contributed by atoms with van der Waals surface area (Å²) >= 11 is 0. The van der Waals surface area contributed by atoms with Crippen LogP contribution < -0.4 is 0 Å². The van der Waals surface area contributed by atoms with Crippen molar-refractivity contribution in [2.75, 3.05) is 6.61 Å². The van der Waals surface area contributed by atoms with Crippen LogP contribution in [-0.2, 0) is 22.7 Å². The molecule has 1 aliphatic carbocycles. The third-order valence-electron chi connectivity index (χ3n) is 4.79. The normalized spacial score (nSPS) is 27.3. The number of benzene rings is 2. The molecular formula is C20H23N3O4. The summed E-state index contributed by atoms with van der Waals surface area (Å²) in [7, 11) is 0. The van der Waals surface area contributed by atoms with E-state index in [4.69, 9.17) is 15.0 Å². The third kappa shape index (κ3) is 4.86. The Balaban J connectivity index is 1.62. The topological polar surface area (TPSA) is 108 Å². The van der Waals surface area contributed by atoms with Gasteiger partial charge in [-0.15, -0.1) is 0 Å². The maximum atomic E-state index is 10.6. The number of hydrogen-bond acceptors (Lipinski definition) is 5. The van der Waals surface area contributed by atoms with Crippen molar-refractivity contribution in [3.63, 3.8) is 0 Å². The van der Waals surface area contributed by atoms with E-state index >= 15 is 0 Å². The molecule has 1 aliphatic rings. The molecule has 1 fully saturated rings. The van der Waals surface area contributed by atoms with E-state index in [1.165, 1.54) is 0 Å². The number of nitrogens with zero attached hydrogens (tertiary/aromatic N) is 3. The second-order valence-corrected chi connectivity index (χ2v) is 6.60. The number of rotatable bonds is 8. The second-order valence-electron chi connectivity index (χ2n) is 6.60. The highest BCUT2D eigenvalue weighted by Gasteiger charge is 2.50. The molecule has 7 nitrogen and oxygen atoms in total. The smallest absolute Gasteiger partial charge is 0.0952 e. The van der Waals surface area contributed by atoms with Gasteiger partial charge in [0.05, 0.1) is 44.2 Å². The maximum absolute atomic E-state index is 10.6. The van der Waals surface area contributed by atoms with Crippen molar-refractivity contribution >= 4 is 0 Å². The number of aliphatic hydroxyl groups is 2. The first-order chi connectivity index (χ1) is 13.2. The minimum atomic E-state index is -1.03. The van der Waals surface area contributed by atoms with Crippen LogP contribution in [-0.4, -0.2) is 41.2 Å². The van der Waals surface area contributed by atoms with Gasteiger partial charge in [0.25, 0.3) is 0 Å². The quantitative estimate of drug-likeness (QED) is 0.424. The minimum absolute atomic E-state index is 0.139. The van der Waals surface area contributed by atoms with Crippen molar-refractivity contribution in [1.29, 1.82) is 0 Å². The van der Waals surface area contributed by atoms with Crippen LogP contribution in [0.5, 0.6) is 0 Å². The molecule has 1 saturated carbocycles. The summed E-state index contributed by atoms with van der Waals surface area (Å²) < 4.78 is 11.5. The van der Waals surface area contributed by atoms with Gasteiger partial charge in [0, 0.05) is 10.8 Å². The Hall–Kier alpha value is -2.41. The molecule has 3 rings (SSSR count). The molecule has 0 spiro atoms. The van der Waals surface area contributed by atoms with E-state index in [0.29, 0.717) is 6.61 Å². The fourth-order valence-electron chi connectivity index (χ4n) is 3.34. The first-order valence-corrected chi connectivity index (χ1v) is 8.88. The van der Waals surface area contributed by atoms with Crippen LogP contribution in [0.2, 0.25) is 0 Å². The summed E-state index contributed by atoms with van der Waals surface area (Å²) in [6, 6.07) is 18.3. The predicted molar refractivity (Wildman–Crippen MR) is 99.6 cm³/mol. The van der Waals surface area contributed by atoms with E-state index in [1.807, 2.05) is 60.7 Å². The van der Waals surface area contributed by atoms with E-state index in [0.717, 1.165) is 11.1 Å². The van der Waals surface area contributed by atoms with Gasteiger partial charge in [0.2, 0.25) is 0 Å². The summed E-state index contributed by atoms with van der Waals surface area (Å²) in [5.74, 6) is -0.593. The monoisotopic (exact) mass is 369 g/mol. The number of aliphatic hydroxyl groups excluding tert-OH is 2. The van der Waals surface area contributed by atoms with Gasteiger partial charge < -0.3 is 19.7 Å². The highest BCUT2D eigenvalue weighted by Crippen LogP contribution is 2.33. The average molecular weight is 369 g/mol. The number of ether oxygens (including phenoxy) is 2. The minimum Gasteiger partial charge on any atom is -0.392 e. The van der Waals surface area contributed by atoms with Gasteiger partial charge in [-0.25, -0.2) is 0 Å². The number of hydrogen-bond donors (Lipinski definition) is 2. The van der Waals surface area contributed by atoms with Gasteiger partial charge in [-0.05, 0) is 16.7 Å². The molecule has 2 aromatic rings. The van der Waals surface area contributed by atoms with Gasteiger partial charge in [-0.1, -0.05) is 65.8 Å². The van der Waals surface area contributed by atoms with Crippen molar-refractivity contribution in [2.24, 2.45) is 11.0 Å². The molecule has 27 heavy (non-hydrogen) atoms. The molecule has 0 aliphatic heterocycles. The van der Waals surface area contributed by atoms with Gasteiger partial charge >= 0.3 is 0 Å². The Bertz CT molecular complexity index is 752. The van der Waals surface area contributed by atoms with Gasteiger partial charge in [-0.3, -0.25) is 0 Å². The third-order valence-corrected chi connectivity index (χ3v) is 4.79. The summed E-state index contributed by atoms with van der Waals surface area (Å²) in [5, 5.41) is 24.8. The van der Waals surface area contributed by atoms with Crippen molar-refractivity contribution in [1.82, 2.24) is 0 Å². The molecule has 7 heteroatoms. The van der Waals surface area contributed by atoms with Gasteiger partial charge in [-0.2, -0.15) is 0 Å². The molecule has 0 saturated heterocycles. The van der Waals surface area contributed by atoms with E-state index in [-0.39, 0.29) is 13.2 Å². The zero-order valence-corrected chi connectivity index (χ0v) is 14.8. The van der Waals surface area contributed by atoms with Crippen LogP contribution in [0, 0.1) is 5.92 Å². The van der Waals surface area contributed by atoms with Crippen LogP contribution >= 0.6 is 0 Å². The molecule has 0 amide bonds. The zero-order valence-electron chi connectivity index (χ0n) is 14.8. The maximum Gasteiger partial charge on any atom is 0.0952 e. The highest BCUT2D eigenvalue weighted by atomic mass is 16.5. The largest absolute Gasteiger partial charge is 0.392 e. The Morgan fingerprint density at radius 1 is 0.889 bits per heavy atom. The van der Waals surface area contributed by atoms with Crippen molar-refractivity contribution in [3.05, 3.63) is 82.2 Å². The Labute approximate surface area is 157 Å². The fourth-order valence-corrected chi connectivity index (χ4v) is 3.34. The molecule has 5 atom stereocenters. The van der Waals surface area contributed by atoms with Gasteiger partial charge in [0.1, 0.15) is 0 Å². The van der Waals surface area contributed by atoms with Crippen molar-refractivity contribution < 1.29 is 19.7 Å². The van der Waals surface area contributed by atoms with Crippen LogP contribution in [0.25, 0.3) is 10.4 Å². The lowest BCUT2D eigenvalue weighted by Gasteiger charge is -2.21. The van der Waals surface area contributed by atoms with Gasteiger partial charge in [0.15, 0.2) is 0 Å². The fraction of sp³-hybridized carbons (Fsp3) is 0.400. The lowest BCUT2D eigenvalue weighted by molar-refractivity contribution is -0.0598. The lowest BCUT2D eigenvalue weighted by atomic mass is 10.0. The molecule has 0 aromatic heterocycles. The molecular weight excluding hydrogens is 346 g/mol. The zero-order chi connectivity index (χ0) is 19.1. The standard InChI is InChI=1S/C20H23N3O4/c21-23-22-17-18(24)16(13-26-11-14-7-3-1-4-8-14)19(25)20(17)27-12-15-9-5-2-6-10-15/h1-10,16-20,24-25H,11-13H2/t16-,17-,18-,19+,20+/m0/s1. The van der Waals surface area contributed by atoms with Crippen LogP contribution in [0.4, 0.5) is 0 Å². The molecule has 0 bridgehead atoms. The Morgan fingerprint density at radius 2 is 1.48 bits per heavy atom. The van der Waals surface area contributed by atoms with E-state index < -0.39 is 30.3 Å². The number of azide groups is 1. The summed E-state index contributed by atoms with van der Waals surface area (Å²) in [5.41, 5.74) is 10.8. The highest BCUT2D eigenvalue weighted by molar-refractivity contribution is 5.14. The second kappa shape index (κ2) is 9.50. The summed E-state index contributed by atoms with van der Waals surface area (Å²) in [4.78, 5) is 2.80. The molecule has 2 N–H and O–H groups in total. The van der Waals surface area contributed by atoms with Crippen LogP contribution in [0.1, 0.15) is 11.1 Å². The molecule has 0 radical (unpaired) electrons. The van der Waals surface area contributed by atoms with Crippen molar-refractivity contribution in [3.8, 4) is 0 Å². The average Bonchev–Trinajstić information content (AvgIpc) is 2.92. The molecule has 142 valence electrons. The SMILES string of the molecule is [N-]=[N+]=N[C@H]1[C@@H](O)[C@H](COCc2ccccc2)[C@@H](O)[C@@H]1OCc1ccccc1. The lowest BCUT2D eigenvalue weighted by Crippen LogP contribution is -2.34. The summed E-state index contributed by atoms with van der Waals surface area (Å²) in [6.07, 6.45) is -2.82. The summed E-state index contributed by atoms with van der Waals surface area (Å²) in [6.45, 7) is 0.767. The predicted octanol–water partition coefficient (Wildman–Crippen LogP) is 2.82.